The number of esters is 1. The molecule has 2 heterocycles. The summed E-state index contributed by atoms with van der Waals surface area (Å²) in [6.07, 6.45) is 1.48. The number of hydrogen-bond donors (Lipinski definition) is 1. The van der Waals surface area contributed by atoms with E-state index in [9.17, 15) is 4.79 Å². The van der Waals surface area contributed by atoms with E-state index in [4.69, 9.17) is 9.47 Å². The van der Waals surface area contributed by atoms with Gasteiger partial charge in [0, 0.05) is 12.3 Å². The molecule has 0 aromatic carbocycles. The normalized spacial score (nSPS) is 13.4. The summed E-state index contributed by atoms with van der Waals surface area (Å²) >= 11 is 0. The highest BCUT2D eigenvalue weighted by atomic mass is 16.5. The van der Waals surface area contributed by atoms with Gasteiger partial charge in [-0.15, -0.1) is 0 Å². The molecule has 5 nitrogen and oxygen atoms in total. The minimum absolute atomic E-state index is 0.356. The standard InChI is InChI=1S/C10H12N2O3/c1-2-14-10(13)7-5-8-9(12-6-7)11-3-4-15-8/h5-6H,2-4H2,1H3,(H,11,12). The Morgan fingerprint density at radius 1 is 1.73 bits per heavy atom. The van der Waals surface area contributed by atoms with Gasteiger partial charge in [-0.1, -0.05) is 0 Å². The second-order valence-electron chi connectivity index (χ2n) is 3.07. The van der Waals surface area contributed by atoms with Gasteiger partial charge in [-0.3, -0.25) is 0 Å². The van der Waals surface area contributed by atoms with Crippen LogP contribution in [0.1, 0.15) is 17.3 Å². The molecule has 1 aromatic rings. The smallest absolute Gasteiger partial charge is 0.339 e. The molecule has 0 spiro atoms. The first-order valence-electron chi connectivity index (χ1n) is 4.85. The lowest BCUT2D eigenvalue weighted by molar-refractivity contribution is 0.0525. The van der Waals surface area contributed by atoms with Crippen molar-refractivity contribution in [2.24, 2.45) is 0 Å². The molecule has 5 heteroatoms. The fraction of sp³-hybridized carbons (Fsp3) is 0.400. The largest absolute Gasteiger partial charge is 0.488 e. The third-order valence-corrected chi connectivity index (χ3v) is 2.02. The van der Waals surface area contributed by atoms with Gasteiger partial charge in [-0.2, -0.15) is 0 Å². The molecule has 0 saturated carbocycles. The lowest BCUT2D eigenvalue weighted by Crippen LogP contribution is -2.19. The van der Waals surface area contributed by atoms with Crippen LogP contribution in [-0.2, 0) is 4.74 Å². The number of carbonyl (C=O) groups is 1. The Morgan fingerprint density at radius 3 is 3.40 bits per heavy atom. The highest BCUT2D eigenvalue weighted by Crippen LogP contribution is 2.25. The predicted octanol–water partition coefficient (Wildman–Crippen LogP) is 1.06. The minimum atomic E-state index is -0.373. The van der Waals surface area contributed by atoms with Gasteiger partial charge in [0.1, 0.15) is 6.61 Å². The van der Waals surface area contributed by atoms with Gasteiger partial charge in [0.15, 0.2) is 11.6 Å². The lowest BCUT2D eigenvalue weighted by atomic mass is 10.2. The van der Waals surface area contributed by atoms with Gasteiger partial charge in [-0.05, 0) is 6.92 Å². The van der Waals surface area contributed by atoms with Gasteiger partial charge in [0.25, 0.3) is 0 Å². The summed E-state index contributed by atoms with van der Waals surface area (Å²) in [5, 5.41) is 3.07. The van der Waals surface area contributed by atoms with Crippen molar-refractivity contribution in [3.05, 3.63) is 17.8 Å². The summed E-state index contributed by atoms with van der Waals surface area (Å²) in [4.78, 5) is 15.5. The van der Waals surface area contributed by atoms with Crippen LogP contribution in [0.25, 0.3) is 0 Å². The molecule has 2 rings (SSSR count). The second kappa shape index (κ2) is 4.16. The van der Waals surface area contributed by atoms with Crippen molar-refractivity contribution in [3.8, 4) is 5.75 Å². The molecule has 0 atom stereocenters. The van der Waals surface area contributed by atoms with Crippen molar-refractivity contribution < 1.29 is 14.3 Å². The van der Waals surface area contributed by atoms with Crippen LogP contribution >= 0.6 is 0 Å². The Balaban J connectivity index is 2.24. The summed E-state index contributed by atoms with van der Waals surface area (Å²) in [7, 11) is 0. The number of rotatable bonds is 2. The third-order valence-electron chi connectivity index (χ3n) is 2.02. The number of pyridine rings is 1. The number of fused-ring (bicyclic) bond motifs is 1. The average Bonchev–Trinajstić information content (AvgIpc) is 2.29. The van der Waals surface area contributed by atoms with Crippen LogP contribution in [0, 0.1) is 0 Å². The van der Waals surface area contributed by atoms with Gasteiger partial charge >= 0.3 is 5.97 Å². The lowest BCUT2D eigenvalue weighted by Gasteiger charge is -2.18. The van der Waals surface area contributed by atoms with Crippen molar-refractivity contribution in [3.63, 3.8) is 0 Å². The van der Waals surface area contributed by atoms with Crippen LogP contribution in [0.4, 0.5) is 5.82 Å². The Morgan fingerprint density at radius 2 is 2.60 bits per heavy atom. The number of carbonyl (C=O) groups excluding carboxylic acids is 1. The maximum atomic E-state index is 11.4. The predicted molar refractivity (Wildman–Crippen MR) is 54.2 cm³/mol. The second-order valence-corrected chi connectivity index (χ2v) is 3.07. The van der Waals surface area contributed by atoms with Crippen molar-refractivity contribution in [1.82, 2.24) is 4.98 Å². The fourth-order valence-electron chi connectivity index (χ4n) is 1.34. The highest BCUT2D eigenvalue weighted by molar-refractivity contribution is 5.90. The van der Waals surface area contributed by atoms with E-state index in [0.29, 0.717) is 30.3 Å². The molecule has 1 aliphatic rings. The Bertz CT molecular complexity index is 379. The topological polar surface area (TPSA) is 60.5 Å². The van der Waals surface area contributed by atoms with Crippen molar-refractivity contribution in [2.75, 3.05) is 25.1 Å². The summed E-state index contributed by atoms with van der Waals surface area (Å²) in [5.41, 5.74) is 0.416. The van der Waals surface area contributed by atoms with Crippen LogP contribution in [0.2, 0.25) is 0 Å². The number of anilines is 1. The van der Waals surface area contributed by atoms with Crippen molar-refractivity contribution in [1.29, 1.82) is 0 Å². The molecule has 0 saturated heterocycles. The number of nitrogens with zero attached hydrogens (tertiary/aromatic N) is 1. The van der Waals surface area contributed by atoms with Crippen LogP contribution in [0.15, 0.2) is 12.3 Å². The van der Waals surface area contributed by atoms with Crippen LogP contribution < -0.4 is 10.1 Å². The Kier molecular flexibility index (Phi) is 2.71. The minimum Gasteiger partial charge on any atom is -0.488 e. The number of hydrogen-bond acceptors (Lipinski definition) is 5. The first-order chi connectivity index (χ1) is 7.31. The molecule has 15 heavy (non-hydrogen) atoms. The summed E-state index contributed by atoms with van der Waals surface area (Å²) < 4.78 is 10.2. The van der Waals surface area contributed by atoms with Crippen molar-refractivity contribution in [2.45, 2.75) is 6.92 Å². The first kappa shape index (κ1) is 9.76. The number of aromatic nitrogens is 1. The zero-order valence-electron chi connectivity index (χ0n) is 8.45. The maximum Gasteiger partial charge on any atom is 0.339 e. The summed E-state index contributed by atoms with van der Waals surface area (Å²) in [6.45, 7) is 3.44. The molecule has 1 aliphatic heterocycles. The van der Waals surface area contributed by atoms with Crippen LogP contribution in [-0.4, -0.2) is 30.7 Å². The molecule has 80 valence electrons. The molecule has 0 bridgehead atoms. The SMILES string of the molecule is CCOC(=O)c1cnc2c(c1)OCCN2. The molecule has 1 aromatic heterocycles. The average molecular weight is 208 g/mol. The monoisotopic (exact) mass is 208 g/mol. The quantitative estimate of drug-likeness (QED) is 0.736. The van der Waals surface area contributed by atoms with Gasteiger partial charge in [0.2, 0.25) is 0 Å². The molecular formula is C10H12N2O3. The van der Waals surface area contributed by atoms with E-state index in [-0.39, 0.29) is 5.97 Å². The third kappa shape index (κ3) is 2.01. The van der Waals surface area contributed by atoms with Gasteiger partial charge < -0.3 is 14.8 Å². The van der Waals surface area contributed by atoms with E-state index in [1.54, 1.807) is 13.0 Å². The van der Waals surface area contributed by atoms with E-state index in [1.165, 1.54) is 6.20 Å². The van der Waals surface area contributed by atoms with E-state index >= 15 is 0 Å². The zero-order chi connectivity index (χ0) is 10.7. The summed E-state index contributed by atoms with van der Waals surface area (Å²) in [6, 6.07) is 1.65. The first-order valence-corrected chi connectivity index (χ1v) is 4.85. The molecule has 0 radical (unpaired) electrons. The van der Waals surface area contributed by atoms with Gasteiger partial charge in [-0.25, -0.2) is 9.78 Å². The van der Waals surface area contributed by atoms with Crippen LogP contribution in [0.3, 0.4) is 0 Å². The molecular weight excluding hydrogens is 196 g/mol. The molecule has 0 aliphatic carbocycles. The molecule has 0 amide bonds. The van der Waals surface area contributed by atoms with E-state index < -0.39 is 0 Å². The van der Waals surface area contributed by atoms with E-state index in [2.05, 4.69) is 10.3 Å². The van der Waals surface area contributed by atoms with E-state index in [1.807, 2.05) is 0 Å². The van der Waals surface area contributed by atoms with Crippen molar-refractivity contribution >= 4 is 11.8 Å². The zero-order valence-corrected chi connectivity index (χ0v) is 8.45. The number of nitrogens with one attached hydrogen (secondary N) is 1. The fourth-order valence-corrected chi connectivity index (χ4v) is 1.34. The maximum absolute atomic E-state index is 11.4. The number of ether oxygens (including phenoxy) is 2. The molecule has 0 fully saturated rings. The Labute approximate surface area is 87.4 Å². The van der Waals surface area contributed by atoms with E-state index in [0.717, 1.165) is 6.54 Å². The molecule has 0 unspecified atom stereocenters. The molecule has 1 N–H and O–H groups in total. The Hall–Kier alpha value is -1.78. The van der Waals surface area contributed by atoms with Crippen LogP contribution in [0.5, 0.6) is 5.75 Å². The summed E-state index contributed by atoms with van der Waals surface area (Å²) in [5.74, 6) is 0.906. The highest BCUT2D eigenvalue weighted by Gasteiger charge is 2.15. The van der Waals surface area contributed by atoms with Gasteiger partial charge in [0.05, 0.1) is 18.7 Å².